The number of hydrogen-bond donors (Lipinski definition) is 1. The van der Waals surface area contributed by atoms with Gasteiger partial charge in [0.15, 0.2) is 0 Å². The van der Waals surface area contributed by atoms with E-state index in [0.29, 0.717) is 0 Å². The number of hydrogen-bond acceptors (Lipinski definition) is 2. The molecule has 0 saturated heterocycles. The molecule has 0 aliphatic heterocycles. The Bertz CT molecular complexity index is 482. The number of para-hydroxylation sites is 1. The zero-order chi connectivity index (χ0) is 11.9. The molecule has 0 fully saturated rings. The van der Waals surface area contributed by atoms with Crippen molar-refractivity contribution in [1.82, 2.24) is 0 Å². The molecule has 0 amide bonds. The summed E-state index contributed by atoms with van der Waals surface area (Å²) in [7, 11) is 0.139. The molecule has 2 rings (SSSR count). The molecular formula is C14H14NOP. The van der Waals surface area contributed by atoms with Crippen molar-refractivity contribution < 1.29 is 4.74 Å². The highest BCUT2D eigenvalue weighted by Gasteiger charge is 1.98. The Morgan fingerprint density at radius 2 is 1.53 bits per heavy atom. The van der Waals surface area contributed by atoms with E-state index in [2.05, 4.69) is 0 Å². The second-order valence-electron chi connectivity index (χ2n) is 3.48. The van der Waals surface area contributed by atoms with Crippen LogP contribution in [0.1, 0.15) is 5.56 Å². The third-order valence-corrected chi connectivity index (χ3v) is 2.74. The molecule has 0 spiro atoms. The zero-order valence-electron chi connectivity index (χ0n) is 9.34. The van der Waals surface area contributed by atoms with Crippen LogP contribution >= 0.6 is 8.73 Å². The SMILES string of the molecule is NPC(=Cc1ccccc1)Oc1ccccc1. The van der Waals surface area contributed by atoms with E-state index in [1.54, 1.807) is 0 Å². The van der Waals surface area contributed by atoms with Crippen LogP contribution in [0.15, 0.2) is 66.2 Å². The highest BCUT2D eigenvalue weighted by atomic mass is 31.1. The van der Waals surface area contributed by atoms with Gasteiger partial charge in [0.2, 0.25) is 0 Å². The molecule has 17 heavy (non-hydrogen) atoms. The fraction of sp³-hybridized carbons (Fsp3) is 0. The van der Waals surface area contributed by atoms with E-state index in [-0.39, 0.29) is 8.73 Å². The van der Waals surface area contributed by atoms with Crippen molar-refractivity contribution in [2.45, 2.75) is 0 Å². The summed E-state index contributed by atoms with van der Waals surface area (Å²) in [6.07, 6.45) is 1.96. The van der Waals surface area contributed by atoms with E-state index in [9.17, 15) is 0 Å². The molecule has 0 bridgehead atoms. The summed E-state index contributed by atoms with van der Waals surface area (Å²) in [4.78, 5) is 0. The number of ether oxygens (including phenoxy) is 1. The molecule has 2 aromatic rings. The third kappa shape index (κ3) is 3.70. The maximum absolute atomic E-state index is 5.72. The molecule has 86 valence electrons. The highest BCUT2D eigenvalue weighted by molar-refractivity contribution is 7.40. The molecule has 0 saturated carbocycles. The van der Waals surface area contributed by atoms with Crippen molar-refractivity contribution in [1.29, 1.82) is 0 Å². The molecule has 1 unspecified atom stereocenters. The van der Waals surface area contributed by atoms with Crippen LogP contribution in [0.25, 0.3) is 6.08 Å². The largest absolute Gasteiger partial charge is 0.456 e. The van der Waals surface area contributed by atoms with Crippen LogP contribution < -0.4 is 10.2 Å². The average molecular weight is 243 g/mol. The van der Waals surface area contributed by atoms with Crippen molar-refractivity contribution in [2.75, 3.05) is 0 Å². The minimum Gasteiger partial charge on any atom is -0.456 e. The Balaban J connectivity index is 2.15. The van der Waals surface area contributed by atoms with Crippen LogP contribution in [-0.4, -0.2) is 0 Å². The molecule has 2 N–H and O–H groups in total. The molecule has 3 heteroatoms. The average Bonchev–Trinajstić information content (AvgIpc) is 2.40. The van der Waals surface area contributed by atoms with Gasteiger partial charge in [-0.05, 0) is 23.8 Å². The van der Waals surface area contributed by atoms with Gasteiger partial charge in [0, 0.05) is 8.73 Å². The van der Waals surface area contributed by atoms with Crippen LogP contribution in [0.5, 0.6) is 5.75 Å². The van der Waals surface area contributed by atoms with Crippen LogP contribution in [0.4, 0.5) is 0 Å². The lowest BCUT2D eigenvalue weighted by molar-refractivity contribution is 0.468. The summed E-state index contributed by atoms with van der Waals surface area (Å²) in [6.45, 7) is 0. The van der Waals surface area contributed by atoms with E-state index < -0.39 is 0 Å². The first-order valence-corrected chi connectivity index (χ1v) is 6.42. The predicted molar refractivity (Wildman–Crippen MR) is 74.0 cm³/mol. The van der Waals surface area contributed by atoms with E-state index in [0.717, 1.165) is 16.8 Å². The number of rotatable bonds is 4. The summed E-state index contributed by atoms with van der Waals surface area (Å²) in [5.41, 5.74) is 7.58. The number of nitrogens with two attached hydrogens (primary N) is 1. The maximum atomic E-state index is 5.72. The molecule has 0 aromatic heterocycles. The van der Waals surface area contributed by atoms with E-state index in [4.69, 9.17) is 10.2 Å². The van der Waals surface area contributed by atoms with Gasteiger partial charge in [-0.25, -0.2) is 0 Å². The van der Waals surface area contributed by atoms with Gasteiger partial charge < -0.3 is 10.2 Å². The number of benzene rings is 2. The van der Waals surface area contributed by atoms with Crippen molar-refractivity contribution in [2.24, 2.45) is 5.50 Å². The fourth-order valence-corrected chi connectivity index (χ4v) is 1.84. The molecular weight excluding hydrogens is 229 g/mol. The summed E-state index contributed by atoms with van der Waals surface area (Å²) >= 11 is 0. The Labute approximate surface area is 103 Å². The monoisotopic (exact) mass is 243 g/mol. The molecule has 0 radical (unpaired) electrons. The van der Waals surface area contributed by atoms with Crippen LogP contribution in [0.2, 0.25) is 0 Å². The quantitative estimate of drug-likeness (QED) is 0.657. The molecule has 0 heterocycles. The predicted octanol–water partition coefficient (Wildman–Crippen LogP) is 3.62. The summed E-state index contributed by atoms with van der Waals surface area (Å²) in [5, 5.41) is 0. The Morgan fingerprint density at radius 3 is 2.12 bits per heavy atom. The zero-order valence-corrected chi connectivity index (χ0v) is 10.3. The van der Waals surface area contributed by atoms with E-state index >= 15 is 0 Å². The van der Waals surface area contributed by atoms with Gasteiger partial charge in [-0.2, -0.15) is 0 Å². The molecule has 0 aliphatic rings. The van der Waals surface area contributed by atoms with Crippen LogP contribution in [0, 0.1) is 0 Å². The topological polar surface area (TPSA) is 35.2 Å². The van der Waals surface area contributed by atoms with Gasteiger partial charge in [-0.3, -0.25) is 0 Å². The summed E-state index contributed by atoms with van der Waals surface area (Å²) in [5.74, 6) is 0.813. The van der Waals surface area contributed by atoms with Gasteiger partial charge in [-0.1, -0.05) is 48.5 Å². The van der Waals surface area contributed by atoms with Crippen molar-refractivity contribution in [3.63, 3.8) is 0 Å². The fourth-order valence-electron chi connectivity index (χ4n) is 1.42. The second kappa shape index (κ2) is 6.19. The van der Waals surface area contributed by atoms with Crippen LogP contribution in [0.3, 0.4) is 0 Å². The van der Waals surface area contributed by atoms with Gasteiger partial charge in [0.1, 0.15) is 11.2 Å². The minimum atomic E-state index is 0.139. The second-order valence-corrected chi connectivity index (χ2v) is 4.26. The summed E-state index contributed by atoms with van der Waals surface area (Å²) < 4.78 is 5.72. The van der Waals surface area contributed by atoms with Crippen molar-refractivity contribution in [3.8, 4) is 5.75 Å². The maximum Gasteiger partial charge on any atom is 0.138 e. The smallest absolute Gasteiger partial charge is 0.138 e. The molecule has 2 aromatic carbocycles. The lowest BCUT2D eigenvalue weighted by Gasteiger charge is -2.07. The minimum absolute atomic E-state index is 0.139. The first-order chi connectivity index (χ1) is 8.38. The first-order valence-electron chi connectivity index (χ1n) is 5.35. The third-order valence-electron chi connectivity index (χ3n) is 2.21. The Morgan fingerprint density at radius 1 is 0.941 bits per heavy atom. The van der Waals surface area contributed by atoms with E-state index in [1.165, 1.54) is 0 Å². The first kappa shape index (κ1) is 11.8. The van der Waals surface area contributed by atoms with Crippen molar-refractivity contribution in [3.05, 3.63) is 71.7 Å². The molecule has 2 nitrogen and oxygen atoms in total. The van der Waals surface area contributed by atoms with E-state index in [1.807, 2.05) is 66.7 Å². The summed E-state index contributed by atoms with van der Waals surface area (Å²) in [6, 6.07) is 19.7. The van der Waals surface area contributed by atoms with Crippen molar-refractivity contribution >= 4 is 14.8 Å². The van der Waals surface area contributed by atoms with Gasteiger partial charge >= 0.3 is 0 Å². The normalized spacial score (nSPS) is 11.9. The Hall–Kier alpha value is -1.63. The van der Waals surface area contributed by atoms with Gasteiger partial charge in [0.05, 0.1) is 0 Å². The standard InChI is InChI=1S/C14H14NOP/c15-17-14(11-12-7-3-1-4-8-12)16-13-9-5-2-6-10-13/h1-11,17H,15H2. The van der Waals surface area contributed by atoms with Gasteiger partial charge in [-0.15, -0.1) is 0 Å². The van der Waals surface area contributed by atoms with Gasteiger partial charge in [0.25, 0.3) is 0 Å². The van der Waals surface area contributed by atoms with Crippen LogP contribution in [-0.2, 0) is 0 Å². The Kier molecular flexibility index (Phi) is 4.31. The lowest BCUT2D eigenvalue weighted by Crippen LogP contribution is -1.92. The highest BCUT2D eigenvalue weighted by Crippen LogP contribution is 2.23. The molecule has 1 atom stereocenters. The lowest BCUT2D eigenvalue weighted by atomic mass is 10.2. The molecule has 0 aliphatic carbocycles.